The molecule has 0 amide bonds. The highest BCUT2D eigenvalue weighted by Crippen LogP contribution is 2.44. The largest absolute Gasteiger partial charge is 0.0707 e. The summed E-state index contributed by atoms with van der Waals surface area (Å²) in [6, 6.07) is 0. The molecule has 0 nitrogen and oxygen atoms in total. The van der Waals surface area contributed by atoms with Gasteiger partial charge in [-0.3, -0.25) is 0 Å². The molecule has 0 N–H and O–H groups in total. The fraction of sp³-hybridized carbons (Fsp3) is 0.946. The number of allylic oxidation sites excluding steroid dienone is 2. The number of hydrogen-bond donors (Lipinski definition) is 0. The monoisotopic (exact) mass is 515 g/mol. The molecule has 0 heterocycles. The average Bonchev–Trinajstić information content (AvgIpc) is 2.82. The van der Waals surface area contributed by atoms with Crippen LogP contribution in [0.25, 0.3) is 0 Å². The van der Waals surface area contributed by atoms with Crippen LogP contribution in [0.3, 0.4) is 0 Å². The van der Waals surface area contributed by atoms with Gasteiger partial charge in [-0.2, -0.15) is 0 Å². The van der Waals surface area contributed by atoms with Crippen LogP contribution >= 0.6 is 0 Å². The molecule has 2 aliphatic carbocycles. The van der Waals surface area contributed by atoms with E-state index in [1.54, 1.807) is 0 Å². The molecule has 0 spiro atoms. The predicted octanol–water partition coefficient (Wildman–Crippen LogP) is 13.1. The van der Waals surface area contributed by atoms with Gasteiger partial charge in [0.2, 0.25) is 0 Å². The van der Waals surface area contributed by atoms with Gasteiger partial charge >= 0.3 is 0 Å². The lowest BCUT2D eigenvalue weighted by Crippen LogP contribution is -2.22. The van der Waals surface area contributed by atoms with Gasteiger partial charge in [0.05, 0.1) is 0 Å². The summed E-state index contributed by atoms with van der Waals surface area (Å²) in [5, 5.41) is 0. The standard InChI is InChI=1S/C37H70/c1-30-17-11-10-12-20-34(21-16-24-35(5,6)27-22-30)33(4)37(9)25-14-13-18-31(2)23-28-36(7,8)29-32(3)19-15-26-37/h30-32H,10-29H2,1-9H3. The van der Waals surface area contributed by atoms with Gasteiger partial charge in [-0.05, 0) is 105 Å². The maximum absolute atomic E-state index is 2.67. The Labute approximate surface area is 235 Å². The minimum atomic E-state index is 0.413. The summed E-state index contributed by atoms with van der Waals surface area (Å²) in [6.45, 7) is 23.0. The summed E-state index contributed by atoms with van der Waals surface area (Å²) in [7, 11) is 0. The lowest BCUT2D eigenvalue weighted by atomic mass is 9.70. The summed E-state index contributed by atoms with van der Waals surface area (Å²) in [6.07, 6.45) is 28.3. The molecule has 2 fully saturated rings. The van der Waals surface area contributed by atoms with Crippen molar-refractivity contribution in [3.05, 3.63) is 11.1 Å². The molecule has 0 radical (unpaired) electrons. The third kappa shape index (κ3) is 12.6. The Morgan fingerprint density at radius 1 is 0.514 bits per heavy atom. The SMILES string of the molecule is CC(=C1CCCCCC(C)CCC(C)(C)CCC1)C1(C)CCCCC(C)CCC(C)(C)CC(C)CCC1. The molecule has 37 heavy (non-hydrogen) atoms. The van der Waals surface area contributed by atoms with Crippen LogP contribution in [-0.2, 0) is 0 Å². The van der Waals surface area contributed by atoms with E-state index in [2.05, 4.69) is 62.3 Å². The minimum absolute atomic E-state index is 0.413. The van der Waals surface area contributed by atoms with Crippen LogP contribution < -0.4 is 0 Å². The van der Waals surface area contributed by atoms with E-state index < -0.39 is 0 Å². The van der Waals surface area contributed by atoms with Crippen molar-refractivity contribution in [3.8, 4) is 0 Å². The summed E-state index contributed by atoms with van der Waals surface area (Å²) < 4.78 is 0. The lowest BCUT2D eigenvalue weighted by Gasteiger charge is -2.36. The second-order valence-electron chi connectivity index (χ2n) is 16.3. The van der Waals surface area contributed by atoms with Crippen molar-refractivity contribution < 1.29 is 0 Å². The van der Waals surface area contributed by atoms with E-state index in [0.717, 1.165) is 17.8 Å². The van der Waals surface area contributed by atoms with Crippen molar-refractivity contribution in [2.24, 2.45) is 34.0 Å². The zero-order valence-electron chi connectivity index (χ0n) is 27.4. The Morgan fingerprint density at radius 3 is 1.73 bits per heavy atom. The molecule has 0 aliphatic heterocycles. The molecule has 218 valence electrons. The van der Waals surface area contributed by atoms with E-state index in [4.69, 9.17) is 0 Å². The van der Waals surface area contributed by atoms with E-state index in [1.165, 1.54) is 128 Å². The molecule has 2 saturated carbocycles. The van der Waals surface area contributed by atoms with Gasteiger partial charge in [-0.15, -0.1) is 0 Å². The minimum Gasteiger partial charge on any atom is -0.0707 e. The maximum Gasteiger partial charge on any atom is -0.0116 e. The quantitative estimate of drug-likeness (QED) is 0.305. The van der Waals surface area contributed by atoms with E-state index in [0.29, 0.717) is 16.2 Å². The Bertz CT molecular complexity index is 664. The van der Waals surface area contributed by atoms with Gasteiger partial charge in [-0.25, -0.2) is 0 Å². The molecular weight excluding hydrogens is 444 g/mol. The first-order valence-electron chi connectivity index (χ1n) is 17.0. The molecule has 0 aromatic carbocycles. The van der Waals surface area contributed by atoms with Crippen LogP contribution in [0.1, 0.15) is 191 Å². The van der Waals surface area contributed by atoms with E-state index in [1.807, 2.05) is 11.1 Å². The van der Waals surface area contributed by atoms with Crippen molar-refractivity contribution >= 4 is 0 Å². The third-order valence-electron chi connectivity index (χ3n) is 11.1. The van der Waals surface area contributed by atoms with Crippen LogP contribution in [0.2, 0.25) is 0 Å². The lowest BCUT2D eigenvalue weighted by molar-refractivity contribution is 0.212. The molecule has 0 aromatic heterocycles. The topological polar surface area (TPSA) is 0 Å². The van der Waals surface area contributed by atoms with Gasteiger partial charge in [0.25, 0.3) is 0 Å². The maximum atomic E-state index is 2.67. The molecular formula is C37H70. The van der Waals surface area contributed by atoms with E-state index in [-0.39, 0.29) is 0 Å². The van der Waals surface area contributed by atoms with Crippen molar-refractivity contribution in [1.82, 2.24) is 0 Å². The van der Waals surface area contributed by atoms with Crippen LogP contribution in [0.15, 0.2) is 11.1 Å². The van der Waals surface area contributed by atoms with Gasteiger partial charge in [0, 0.05) is 0 Å². The molecule has 4 unspecified atom stereocenters. The normalized spacial score (nSPS) is 35.8. The second-order valence-corrected chi connectivity index (χ2v) is 16.3. The van der Waals surface area contributed by atoms with Crippen molar-refractivity contribution in [2.45, 2.75) is 191 Å². The Kier molecular flexibility index (Phi) is 13.8. The van der Waals surface area contributed by atoms with E-state index in [9.17, 15) is 0 Å². The van der Waals surface area contributed by atoms with Gasteiger partial charge < -0.3 is 0 Å². The first-order valence-corrected chi connectivity index (χ1v) is 17.0. The second kappa shape index (κ2) is 15.5. The molecule has 2 aliphatic rings. The zero-order chi connectivity index (χ0) is 27.5. The third-order valence-corrected chi connectivity index (χ3v) is 11.1. The fourth-order valence-electron chi connectivity index (χ4n) is 7.90. The molecule has 0 saturated heterocycles. The molecule has 2 rings (SSSR count). The van der Waals surface area contributed by atoms with Crippen LogP contribution in [-0.4, -0.2) is 0 Å². The van der Waals surface area contributed by atoms with Crippen LogP contribution in [0, 0.1) is 34.0 Å². The Hall–Kier alpha value is -0.260. The molecule has 4 atom stereocenters. The first-order chi connectivity index (χ1) is 17.3. The highest BCUT2D eigenvalue weighted by atomic mass is 14.3. The van der Waals surface area contributed by atoms with Crippen molar-refractivity contribution in [1.29, 1.82) is 0 Å². The van der Waals surface area contributed by atoms with Crippen molar-refractivity contribution in [3.63, 3.8) is 0 Å². The highest BCUT2D eigenvalue weighted by molar-refractivity contribution is 5.20. The summed E-state index contributed by atoms with van der Waals surface area (Å²) in [5.74, 6) is 2.67. The molecule has 0 aromatic rings. The summed E-state index contributed by atoms with van der Waals surface area (Å²) in [4.78, 5) is 0. The number of hydrogen-bond acceptors (Lipinski definition) is 0. The fourth-order valence-corrected chi connectivity index (χ4v) is 7.90. The Balaban J connectivity index is 2.20. The molecule has 0 bridgehead atoms. The highest BCUT2D eigenvalue weighted by Gasteiger charge is 2.30. The van der Waals surface area contributed by atoms with Gasteiger partial charge in [0.15, 0.2) is 0 Å². The summed E-state index contributed by atoms with van der Waals surface area (Å²) in [5.41, 5.74) is 5.12. The van der Waals surface area contributed by atoms with Crippen LogP contribution in [0.4, 0.5) is 0 Å². The zero-order valence-corrected chi connectivity index (χ0v) is 27.4. The van der Waals surface area contributed by atoms with Crippen LogP contribution in [0.5, 0.6) is 0 Å². The average molecular weight is 515 g/mol. The Morgan fingerprint density at radius 2 is 1.05 bits per heavy atom. The smallest absolute Gasteiger partial charge is 0.0116 e. The van der Waals surface area contributed by atoms with Crippen molar-refractivity contribution in [2.75, 3.05) is 0 Å². The number of rotatable bonds is 1. The van der Waals surface area contributed by atoms with Gasteiger partial charge in [0.1, 0.15) is 0 Å². The first kappa shape index (κ1) is 32.9. The summed E-state index contributed by atoms with van der Waals surface area (Å²) >= 11 is 0. The van der Waals surface area contributed by atoms with Gasteiger partial charge in [-0.1, -0.05) is 131 Å². The molecule has 0 heteroatoms. The predicted molar refractivity (Wildman–Crippen MR) is 168 cm³/mol. The van der Waals surface area contributed by atoms with E-state index >= 15 is 0 Å².